The second-order valence-corrected chi connectivity index (χ2v) is 6.74. The Morgan fingerprint density at radius 1 is 1.50 bits per heavy atom. The standard InChI is InChI=1S/C15H21N3O3S/c1-15(2,3)21-10-14(20)16-13-9-11(12-5-4-8-22-12)17-18(13)6-7-19/h4-5,8-9,19H,6-7,10H2,1-3H3,(H,16,20). The fourth-order valence-electron chi connectivity index (χ4n) is 1.79. The third kappa shape index (κ3) is 4.66. The van der Waals surface area contributed by atoms with E-state index in [9.17, 15) is 4.79 Å². The predicted octanol–water partition coefficient (Wildman–Crippen LogP) is 2.36. The molecule has 0 aliphatic rings. The zero-order valence-corrected chi connectivity index (χ0v) is 13.8. The minimum absolute atomic E-state index is 0.0257. The zero-order valence-electron chi connectivity index (χ0n) is 13.0. The highest BCUT2D eigenvalue weighted by Gasteiger charge is 2.16. The minimum atomic E-state index is -0.370. The molecule has 0 aliphatic heterocycles. The summed E-state index contributed by atoms with van der Waals surface area (Å²) in [7, 11) is 0. The predicted molar refractivity (Wildman–Crippen MR) is 87.0 cm³/mol. The number of amides is 1. The van der Waals surface area contributed by atoms with Crippen LogP contribution < -0.4 is 5.32 Å². The van der Waals surface area contributed by atoms with Gasteiger partial charge in [-0.25, -0.2) is 4.68 Å². The number of carbonyl (C=O) groups excluding carboxylic acids is 1. The molecule has 2 aromatic heterocycles. The molecule has 6 nitrogen and oxygen atoms in total. The Kier molecular flexibility index (Phi) is 5.33. The highest BCUT2D eigenvalue weighted by Crippen LogP contribution is 2.26. The molecule has 2 N–H and O–H groups in total. The van der Waals surface area contributed by atoms with Crippen molar-refractivity contribution in [3.8, 4) is 10.6 Å². The number of nitrogens with one attached hydrogen (secondary N) is 1. The molecule has 2 rings (SSSR count). The molecule has 0 fully saturated rings. The van der Waals surface area contributed by atoms with Crippen LogP contribution in [0.2, 0.25) is 0 Å². The van der Waals surface area contributed by atoms with Crippen molar-refractivity contribution >= 4 is 23.1 Å². The molecule has 0 aromatic carbocycles. The molecule has 2 aromatic rings. The van der Waals surface area contributed by atoms with Crippen LogP contribution in [0.3, 0.4) is 0 Å². The van der Waals surface area contributed by atoms with E-state index in [1.807, 2.05) is 38.3 Å². The number of rotatable bonds is 6. The summed E-state index contributed by atoms with van der Waals surface area (Å²) in [6.07, 6.45) is 0. The van der Waals surface area contributed by atoms with Gasteiger partial charge in [-0.3, -0.25) is 4.79 Å². The summed E-state index contributed by atoms with van der Waals surface area (Å²) >= 11 is 1.57. The van der Waals surface area contributed by atoms with E-state index in [2.05, 4.69) is 10.4 Å². The van der Waals surface area contributed by atoms with Crippen LogP contribution in [0.4, 0.5) is 5.82 Å². The third-order valence-corrected chi connectivity index (χ3v) is 3.66. The first kappa shape index (κ1) is 16.7. The number of ether oxygens (including phenoxy) is 1. The van der Waals surface area contributed by atoms with Crippen molar-refractivity contribution in [2.45, 2.75) is 32.9 Å². The lowest BCUT2D eigenvalue weighted by atomic mass is 10.2. The van der Waals surface area contributed by atoms with Crippen molar-refractivity contribution in [1.29, 1.82) is 0 Å². The Labute approximate surface area is 133 Å². The first-order valence-corrected chi connectivity index (χ1v) is 7.93. The number of aliphatic hydroxyl groups excluding tert-OH is 1. The maximum atomic E-state index is 12.0. The number of thiophene rings is 1. The van der Waals surface area contributed by atoms with E-state index in [-0.39, 0.29) is 24.7 Å². The topological polar surface area (TPSA) is 76.4 Å². The van der Waals surface area contributed by atoms with E-state index < -0.39 is 0 Å². The van der Waals surface area contributed by atoms with E-state index in [0.29, 0.717) is 12.4 Å². The average molecular weight is 323 g/mol. The molecule has 0 spiro atoms. The highest BCUT2D eigenvalue weighted by atomic mass is 32.1. The fraction of sp³-hybridized carbons (Fsp3) is 0.467. The highest BCUT2D eigenvalue weighted by molar-refractivity contribution is 7.13. The molecule has 0 radical (unpaired) electrons. The lowest BCUT2D eigenvalue weighted by Gasteiger charge is -2.19. The molecule has 0 aliphatic carbocycles. The van der Waals surface area contributed by atoms with E-state index in [1.165, 1.54) is 0 Å². The summed E-state index contributed by atoms with van der Waals surface area (Å²) in [5.41, 5.74) is 0.403. The van der Waals surface area contributed by atoms with E-state index >= 15 is 0 Å². The normalized spacial score (nSPS) is 11.6. The molecule has 0 bridgehead atoms. The molecule has 0 unspecified atom stereocenters. The molecule has 1 amide bonds. The minimum Gasteiger partial charge on any atom is -0.394 e. The Morgan fingerprint density at radius 3 is 2.86 bits per heavy atom. The van der Waals surface area contributed by atoms with Gasteiger partial charge >= 0.3 is 0 Å². The largest absolute Gasteiger partial charge is 0.394 e. The number of aromatic nitrogens is 2. The Balaban J connectivity index is 2.10. The van der Waals surface area contributed by atoms with Crippen LogP contribution >= 0.6 is 11.3 Å². The van der Waals surface area contributed by atoms with E-state index in [1.54, 1.807) is 22.1 Å². The van der Waals surface area contributed by atoms with Gasteiger partial charge in [0.2, 0.25) is 0 Å². The van der Waals surface area contributed by atoms with Crippen molar-refractivity contribution in [3.63, 3.8) is 0 Å². The van der Waals surface area contributed by atoms with Gasteiger partial charge in [0.05, 0.1) is 23.6 Å². The molecular weight excluding hydrogens is 302 g/mol. The molecular formula is C15H21N3O3S. The molecule has 22 heavy (non-hydrogen) atoms. The lowest BCUT2D eigenvalue weighted by molar-refractivity contribution is -0.125. The Hall–Kier alpha value is -1.70. The van der Waals surface area contributed by atoms with Crippen molar-refractivity contribution in [3.05, 3.63) is 23.6 Å². The second-order valence-electron chi connectivity index (χ2n) is 5.79. The van der Waals surface area contributed by atoms with Gasteiger partial charge in [-0.2, -0.15) is 5.10 Å². The van der Waals surface area contributed by atoms with Gasteiger partial charge < -0.3 is 15.2 Å². The Bertz CT molecular complexity index is 615. The van der Waals surface area contributed by atoms with Crippen LogP contribution in [0.25, 0.3) is 10.6 Å². The summed E-state index contributed by atoms with van der Waals surface area (Å²) in [6.45, 7) is 5.93. The molecule has 120 valence electrons. The molecule has 0 saturated heterocycles. The number of aliphatic hydroxyl groups is 1. The molecule has 7 heteroatoms. The van der Waals surface area contributed by atoms with Gasteiger partial charge in [0.1, 0.15) is 18.1 Å². The smallest absolute Gasteiger partial charge is 0.251 e. The lowest BCUT2D eigenvalue weighted by Crippen LogP contribution is -2.28. The maximum absolute atomic E-state index is 12.0. The van der Waals surface area contributed by atoms with Crippen LogP contribution in [-0.4, -0.2) is 39.6 Å². The first-order chi connectivity index (χ1) is 10.4. The van der Waals surface area contributed by atoms with Gasteiger partial charge in [-0.05, 0) is 32.2 Å². The summed E-state index contributed by atoms with van der Waals surface area (Å²) in [4.78, 5) is 13.0. The van der Waals surface area contributed by atoms with Crippen LogP contribution in [0.1, 0.15) is 20.8 Å². The van der Waals surface area contributed by atoms with Gasteiger partial charge in [0, 0.05) is 6.07 Å². The van der Waals surface area contributed by atoms with Crippen LogP contribution in [0.5, 0.6) is 0 Å². The molecule has 0 saturated carbocycles. The maximum Gasteiger partial charge on any atom is 0.251 e. The fourth-order valence-corrected chi connectivity index (χ4v) is 2.47. The van der Waals surface area contributed by atoms with Crippen molar-refractivity contribution in [1.82, 2.24) is 9.78 Å². The summed E-state index contributed by atoms with van der Waals surface area (Å²) in [5.74, 6) is 0.312. The molecule has 0 atom stereocenters. The van der Waals surface area contributed by atoms with Gasteiger partial charge in [0.15, 0.2) is 0 Å². The van der Waals surface area contributed by atoms with Crippen LogP contribution in [0.15, 0.2) is 23.6 Å². The number of hydrogen-bond donors (Lipinski definition) is 2. The third-order valence-electron chi connectivity index (χ3n) is 2.77. The van der Waals surface area contributed by atoms with Gasteiger partial charge in [0.25, 0.3) is 5.91 Å². The number of anilines is 1. The van der Waals surface area contributed by atoms with Crippen molar-refractivity contribution < 1.29 is 14.6 Å². The number of carbonyl (C=O) groups is 1. The Morgan fingerprint density at radius 2 is 2.27 bits per heavy atom. The van der Waals surface area contributed by atoms with Crippen molar-refractivity contribution in [2.75, 3.05) is 18.5 Å². The van der Waals surface area contributed by atoms with E-state index in [4.69, 9.17) is 9.84 Å². The van der Waals surface area contributed by atoms with Gasteiger partial charge in [-0.1, -0.05) is 6.07 Å². The molecule has 2 heterocycles. The monoisotopic (exact) mass is 323 g/mol. The summed E-state index contributed by atoms with van der Waals surface area (Å²) in [6, 6.07) is 5.71. The second kappa shape index (κ2) is 7.04. The van der Waals surface area contributed by atoms with Crippen LogP contribution in [-0.2, 0) is 16.1 Å². The number of nitrogens with zero attached hydrogens (tertiary/aromatic N) is 2. The summed E-state index contributed by atoms with van der Waals surface area (Å²) in [5, 5.41) is 18.3. The van der Waals surface area contributed by atoms with Crippen molar-refractivity contribution in [2.24, 2.45) is 0 Å². The number of hydrogen-bond acceptors (Lipinski definition) is 5. The van der Waals surface area contributed by atoms with Gasteiger partial charge in [-0.15, -0.1) is 11.3 Å². The first-order valence-electron chi connectivity index (χ1n) is 7.05. The average Bonchev–Trinajstić information content (AvgIpc) is 3.06. The van der Waals surface area contributed by atoms with E-state index in [0.717, 1.165) is 10.6 Å². The van der Waals surface area contributed by atoms with Crippen LogP contribution in [0, 0.1) is 0 Å². The SMILES string of the molecule is CC(C)(C)OCC(=O)Nc1cc(-c2cccs2)nn1CCO. The quantitative estimate of drug-likeness (QED) is 0.855. The zero-order chi connectivity index (χ0) is 16.2. The summed E-state index contributed by atoms with van der Waals surface area (Å²) < 4.78 is 7.04.